The zero-order chi connectivity index (χ0) is 14.5. The summed E-state index contributed by atoms with van der Waals surface area (Å²) >= 11 is 0. The van der Waals surface area contributed by atoms with Crippen LogP contribution in [0, 0.1) is 0 Å². The molecule has 0 amide bonds. The summed E-state index contributed by atoms with van der Waals surface area (Å²) in [6.07, 6.45) is 3.09. The van der Waals surface area contributed by atoms with E-state index in [0.29, 0.717) is 0 Å². The Morgan fingerprint density at radius 2 is 2.00 bits per heavy atom. The van der Waals surface area contributed by atoms with Gasteiger partial charge in [-0.1, -0.05) is 29.5 Å². The highest BCUT2D eigenvalue weighted by Crippen LogP contribution is 2.09. The van der Waals surface area contributed by atoms with Crippen molar-refractivity contribution in [3.63, 3.8) is 0 Å². The van der Waals surface area contributed by atoms with Gasteiger partial charge >= 0.3 is 0 Å². The average Bonchev–Trinajstić information content (AvgIpc) is 3.12. The highest BCUT2D eigenvalue weighted by atomic mass is 15.5. The molecule has 2 aromatic heterocycles. The maximum absolute atomic E-state index is 4.17. The first-order valence-corrected chi connectivity index (χ1v) is 7.25. The number of hydrogen-bond acceptors (Lipinski definition) is 5. The van der Waals surface area contributed by atoms with Crippen LogP contribution in [0.4, 0.5) is 0 Å². The van der Waals surface area contributed by atoms with Gasteiger partial charge in [-0.3, -0.25) is 4.68 Å². The lowest BCUT2D eigenvalue weighted by molar-refractivity contribution is 0.489. The van der Waals surface area contributed by atoms with Crippen molar-refractivity contribution in [2.75, 3.05) is 6.54 Å². The number of rotatable bonds is 7. The van der Waals surface area contributed by atoms with E-state index in [2.05, 4.69) is 32.9 Å². The Balaban J connectivity index is 1.60. The molecule has 7 heteroatoms. The number of para-hydroxylation sites is 1. The molecule has 0 saturated carbocycles. The van der Waals surface area contributed by atoms with Crippen LogP contribution >= 0.6 is 0 Å². The quantitative estimate of drug-likeness (QED) is 0.661. The summed E-state index contributed by atoms with van der Waals surface area (Å²) in [5.74, 6) is 0. The lowest BCUT2D eigenvalue weighted by Crippen LogP contribution is -2.14. The Morgan fingerprint density at radius 1 is 1.10 bits per heavy atom. The molecule has 0 spiro atoms. The van der Waals surface area contributed by atoms with E-state index in [1.165, 1.54) is 0 Å². The zero-order valence-corrected chi connectivity index (χ0v) is 12.1. The van der Waals surface area contributed by atoms with Gasteiger partial charge in [-0.25, -0.2) is 4.68 Å². The van der Waals surface area contributed by atoms with Gasteiger partial charge in [0.1, 0.15) is 5.52 Å². The molecule has 0 unspecified atom stereocenters. The van der Waals surface area contributed by atoms with Crippen molar-refractivity contribution in [2.45, 2.75) is 33.0 Å². The van der Waals surface area contributed by atoms with Crippen LogP contribution in [0.15, 0.2) is 30.5 Å². The first kappa shape index (κ1) is 13.7. The van der Waals surface area contributed by atoms with E-state index in [9.17, 15) is 0 Å². The first-order valence-electron chi connectivity index (χ1n) is 7.25. The highest BCUT2D eigenvalue weighted by Gasteiger charge is 2.04. The van der Waals surface area contributed by atoms with E-state index >= 15 is 0 Å². The Labute approximate surface area is 123 Å². The number of aromatic nitrogens is 6. The third kappa shape index (κ3) is 3.25. The molecule has 1 N–H and O–H groups in total. The standard InChI is InChI=1S/C14H19N7/c1-2-7-15-10-12-11-20(18-16-12)8-9-21-14-6-4-3-5-13(14)17-19-21/h3-6,11,15H,2,7-10H2,1H3. The van der Waals surface area contributed by atoms with Gasteiger partial charge in [0, 0.05) is 12.7 Å². The second kappa shape index (κ2) is 6.45. The molecule has 0 bridgehead atoms. The average molecular weight is 285 g/mol. The molecule has 1 aromatic carbocycles. The van der Waals surface area contributed by atoms with Gasteiger partial charge in [0.15, 0.2) is 0 Å². The Hall–Kier alpha value is -2.28. The van der Waals surface area contributed by atoms with Crippen LogP contribution < -0.4 is 5.32 Å². The Morgan fingerprint density at radius 3 is 2.90 bits per heavy atom. The molecule has 3 aromatic rings. The predicted molar refractivity (Wildman–Crippen MR) is 79.5 cm³/mol. The molecule has 0 aliphatic heterocycles. The lowest BCUT2D eigenvalue weighted by atomic mass is 10.3. The Bertz CT molecular complexity index is 700. The maximum Gasteiger partial charge on any atom is 0.113 e. The predicted octanol–water partition coefficient (Wildman–Crippen LogP) is 1.22. The fourth-order valence-electron chi connectivity index (χ4n) is 2.20. The van der Waals surface area contributed by atoms with Crippen LogP contribution in [0.1, 0.15) is 19.0 Å². The first-order chi connectivity index (χ1) is 10.4. The molecule has 110 valence electrons. The number of nitrogens with zero attached hydrogens (tertiary/aromatic N) is 6. The molecular formula is C14H19N7. The van der Waals surface area contributed by atoms with Crippen LogP contribution in [0.25, 0.3) is 11.0 Å². The zero-order valence-electron chi connectivity index (χ0n) is 12.1. The summed E-state index contributed by atoms with van der Waals surface area (Å²) in [6, 6.07) is 7.95. The lowest BCUT2D eigenvalue weighted by Gasteiger charge is -2.02. The minimum Gasteiger partial charge on any atom is -0.311 e. The normalized spacial score (nSPS) is 11.3. The molecule has 3 rings (SSSR count). The summed E-state index contributed by atoms with van der Waals surface area (Å²) < 4.78 is 3.74. The number of nitrogens with one attached hydrogen (secondary N) is 1. The minimum absolute atomic E-state index is 0.728. The topological polar surface area (TPSA) is 73.5 Å². The van der Waals surface area contributed by atoms with Crippen LogP contribution in [-0.2, 0) is 19.6 Å². The fraction of sp³-hybridized carbons (Fsp3) is 0.429. The highest BCUT2D eigenvalue weighted by molar-refractivity contribution is 5.73. The van der Waals surface area contributed by atoms with Gasteiger partial charge in [-0.15, -0.1) is 10.2 Å². The molecule has 0 atom stereocenters. The van der Waals surface area contributed by atoms with Crippen molar-refractivity contribution < 1.29 is 0 Å². The smallest absolute Gasteiger partial charge is 0.113 e. The van der Waals surface area contributed by atoms with Gasteiger partial charge in [-0.05, 0) is 25.1 Å². The van der Waals surface area contributed by atoms with Crippen molar-refractivity contribution in [3.8, 4) is 0 Å². The SMILES string of the molecule is CCCNCc1cn(CCn2nnc3ccccc32)nn1. The summed E-state index contributed by atoms with van der Waals surface area (Å²) in [7, 11) is 0. The van der Waals surface area contributed by atoms with Crippen LogP contribution in [0.3, 0.4) is 0 Å². The van der Waals surface area contributed by atoms with Crippen LogP contribution in [-0.4, -0.2) is 36.5 Å². The second-order valence-corrected chi connectivity index (χ2v) is 4.95. The van der Waals surface area contributed by atoms with Crippen LogP contribution in [0.2, 0.25) is 0 Å². The molecule has 21 heavy (non-hydrogen) atoms. The second-order valence-electron chi connectivity index (χ2n) is 4.95. The van der Waals surface area contributed by atoms with E-state index in [1.807, 2.05) is 39.8 Å². The molecule has 7 nitrogen and oxygen atoms in total. The number of fused-ring (bicyclic) bond motifs is 1. The molecule has 0 fully saturated rings. The molecule has 2 heterocycles. The van der Waals surface area contributed by atoms with Crippen LogP contribution in [0.5, 0.6) is 0 Å². The summed E-state index contributed by atoms with van der Waals surface area (Å²) in [5.41, 5.74) is 2.93. The summed E-state index contributed by atoms with van der Waals surface area (Å²) in [6.45, 7) is 5.37. The van der Waals surface area contributed by atoms with Crippen molar-refractivity contribution in [1.82, 2.24) is 35.3 Å². The largest absolute Gasteiger partial charge is 0.311 e. The van der Waals surface area contributed by atoms with Gasteiger partial charge in [0.2, 0.25) is 0 Å². The third-order valence-corrected chi connectivity index (χ3v) is 3.28. The Kier molecular flexibility index (Phi) is 4.20. The molecule has 0 saturated heterocycles. The van der Waals surface area contributed by atoms with Gasteiger partial charge in [0.25, 0.3) is 0 Å². The van der Waals surface area contributed by atoms with Gasteiger partial charge in [0.05, 0.1) is 24.3 Å². The number of aryl methyl sites for hydroxylation is 2. The van der Waals surface area contributed by atoms with Gasteiger partial charge in [-0.2, -0.15) is 0 Å². The van der Waals surface area contributed by atoms with E-state index < -0.39 is 0 Å². The van der Waals surface area contributed by atoms with Crippen molar-refractivity contribution >= 4 is 11.0 Å². The van der Waals surface area contributed by atoms with E-state index in [1.54, 1.807) is 0 Å². The molecule has 0 radical (unpaired) electrons. The number of benzene rings is 1. The maximum atomic E-state index is 4.17. The van der Waals surface area contributed by atoms with E-state index in [0.717, 1.165) is 49.3 Å². The summed E-state index contributed by atoms with van der Waals surface area (Å²) in [5, 5.41) is 19.9. The van der Waals surface area contributed by atoms with E-state index in [-0.39, 0.29) is 0 Å². The molecule has 0 aliphatic rings. The third-order valence-electron chi connectivity index (χ3n) is 3.28. The van der Waals surface area contributed by atoms with Crippen molar-refractivity contribution in [1.29, 1.82) is 0 Å². The van der Waals surface area contributed by atoms with Gasteiger partial charge < -0.3 is 5.32 Å². The van der Waals surface area contributed by atoms with E-state index in [4.69, 9.17) is 0 Å². The number of hydrogen-bond donors (Lipinski definition) is 1. The molecular weight excluding hydrogens is 266 g/mol. The summed E-state index contributed by atoms with van der Waals surface area (Å²) in [4.78, 5) is 0. The monoisotopic (exact) mass is 285 g/mol. The van der Waals surface area contributed by atoms with Crippen molar-refractivity contribution in [3.05, 3.63) is 36.2 Å². The molecule has 0 aliphatic carbocycles. The fourth-order valence-corrected chi connectivity index (χ4v) is 2.20. The van der Waals surface area contributed by atoms with Crippen molar-refractivity contribution in [2.24, 2.45) is 0 Å². The minimum atomic E-state index is 0.728.